The van der Waals surface area contributed by atoms with Crippen LogP contribution in [0.5, 0.6) is 0 Å². The van der Waals surface area contributed by atoms with Gasteiger partial charge in [-0.15, -0.1) is 11.3 Å². The lowest BCUT2D eigenvalue weighted by Crippen LogP contribution is -3.00. The van der Waals surface area contributed by atoms with Gasteiger partial charge in [-0.25, -0.2) is 0 Å². The average molecular weight is 544 g/mol. The molecule has 7 nitrogen and oxygen atoms in total. The molecular formula is C28H34ClN3O4S. The van der Waals surface area contributed by atoms with Gasteiger partial charge < -0.3 is 31.5 Å². The second-order valence-electron chi connectivity index (χ2n) is 11.0. The van der Waals surface area contributed by atoms with Crippen molar-refractivity contribution in [2.24, 2.45) is 5.92 Å². The highest BCUT2D eigenvalue weighted by atomic mass is 35.5. The van der Waals surface area contributed by atoms with E-state index in [4.69, 9.17) is 9.26 Å². The van der Waals surface area contributed by atoms with E-state index in [2.05, 4.69) is 21.9 Å². The molecule has 0 radical (unpaired) electrons. The Morgan fingerprint density at radius 3 is 2.57 bits per heavy atom. The van der Waals surface area contributed by atoms with Crippen molar-refractivity contribution < 1.29 is 35.7 Å². The number of rotatable bonds is 6. The third-order valence-corrected chi connectivity index (χ3v) is 9.83. The zero-order valence-electron chi connectivity index (χ0n) is 21.0. The molecule has 2 aromatic heterocycles. The molecule has 1 aliphatic carbocycles. The maximum atomic E-state index is 13.9. The van der Waals surface area contributed by atoms with Gasteiger partial charge in [0.05, 0.1) is 18.5 Å². The van der Waals surface area contributed by atoms with Crippen LogP contribution in [0.4, 0.5) is 5.82 Å². The Hall–Kier alpha value is -2.42. The predicted molar refractivity (Wildman–Crippen MR) is 139 cm³/mol. The molecule has 0 spiro atoms. The molecule has 3 aromatic rings. The van der Waals surface area contributed by atoms with Crippen LogP contribution < -0.4 is 17.7 Å². The number of thiophene rings is 1. The summed E-state index contributed by atoms with van der Waals surface area (Å²) < 4.78 is 12.4. The molecule has 7 rings (SSSR count). The first-order valence-electron chi connectivity index (χ1n) is 13.3. The lowest BCUT2D eigenvalue weighted by atomic mass is 9.78. The number of hydrogen-bond donors (Lipinski definition) is 1. The molecule has 3 saturated heterocycles. The molecule has 4 aliphatic rings. The Bertz CT molecular complexity index is 1230. The molecule has 4 fully saturated rings. The standard InChI is InChI=1S/C28H33N3O4S.ClH/c32-25(29-26-21-8-3-4-9-22(21)35-30-26)19-31-15-11-20(12-16-31)23(18-31)34-27(33)28(24-10-7-17-36-24)13-5-1-2-6-14-28;/h3-4,7-10,17,20,23H,1-2,5-6,11-16,18-19H2;1H. The number of fused-ring (bicyclic) bond motifs is 4. The third-order valence-electron chi connectivity index (χ3n) is 8.75. The predicted octanol–water partition coefficient (Wildman–Crippen LogP) is 2.28. The lowest BCUT2D eigenvalue weighted by molar-refractivity contribution is -0.939. The van der Waals surface area contributed by atoms with E-state index in [9.17, 15) is 9.59 Å². The summed E-state index contributed by atoms with van der Waals surface area (Å²) in [4.78, 5) is 28.1. The van der Waals surface area contributed by atoms with E-state index in [0.717, 1.165) is 61.9 Å². The number of esters is 1. The number of benzene rings is 1. The summed E-state index contributed by atoms with van der Waals surface area (Å²) in [5.74, 6) is 0.748. The minimum absolute atomic E-state index is 0. The maximum Gasteiger partial charge on any atom is 0.317 e. The smallest absolute Gasteiger partial charge is 0.317 e. The molecular weight excluding hydrogens is 510 g/mol. The summed E-state index contributed by atoms with van der Waals surface area (Å²) in [6.07, 6.45) is 8.10. The maximum absolute atomic E-state index is 13.9. The minimum atomic E-state index is -0.507. The van der Waals surface area contributed by atoms with Gasteiger partial charge in [-0.1, -0.05) is 49.0 Å². The number of nitrogens with one attached hydrogen (secondary N) is 1. The lowest BCUT2D eigenvalue weighted by Gasteiger charge is -2.51. The van der Waals surface area contributed by atoms with Crippen molar-refractivity contribution in [2.75, 3.05) is 31.5 Å². The number of ether oxygens (including phenoxy) is 1. The number of para-hydroxylation sites is 1. The Labute approximate surface area is 227 Å². The number of carbonyl (C=O) groups excluding carboxylic acids is 2. The number of piperidine rings is 3. The zero-order valence-corrected chi connectivity index (χ0v) is 22.6. The van der Waals surface area contributed by atoms with Crippen LogP contribution in [0.3, 0.4) is 0 Å². The van der Waals surface area contributed by atoms with Crippen LogP contribution in [-0.2, 0) is 19.7 Å². The van der Waals surface area contributed by atoms with Crippen LogP contribution in [0.2, 0.25) is 0 Å². The van der Waals surface area contributed by atoms with E-state index in [0.29, 0.717) is 34.9 Å². The molecule has 1 unspecified atom stereocenters. The first-order chi connectivity index (χ1) is 17.6. The average Bonchev–Trinajstić information content (AvgIpc) is 3.50. The number of carbonyl (C=O) groups is 2. The van der Waals surface area contributed by atoms with E-state index in [-0.39, 0.29) is 30.4 Å². The summed E-state index contributed by atoms with van der Waals surface area (Å²) in [5.41, 5.74) is 0.149. The normalized spacial score (nSPS) is 26.7. The first kappa shape index (κ1) is 26.2. The fourth-order valence-electron chi connectivity index (χ4n) is 6.71. The fraction of sp³-hybridized carbons (Fsp3) is 0.536. The van der Waals surface area contributed by atoms with Crippen LogP contribution in [0.1, 0.15) is 56.2 Å². The topological polar surface area (TPSA) is 81.4 Å². The Morgan fingerprint density at radius 1 is 1.08 bits per heavy atom. The molecule has 2 bridgehead atoms. The molecule has 1 saturated carbocycles. The van der Waals surface area contributed by atoms with Crippen molar-refractivity contribution >= 4 is 40.0 Å². The van der Waals surface area contributed by atoms with Crippen molar-refractivity contribution in [3.63, 3.8) is 0 Å². The van der Waals surface area contributed by atoms with Crippen molar-refractivity contribution in [1.82, 2.24) is 5.16 Å². The summed E-state index contributed by atoms with van der Waals surface area (Å²) in [6, 6.07) is 11.7. The molecule has 9 heteroatoms. The van der Waals surface area contributed by atoms with E-state index < -0.39 is 5.41 Å². The molecule has 1 amide bonds. The number of quaternary nitrogens is 1. The van der Waals surface area contributed by atoms with E-state index in [1.54, 1.807) is 11.3 Å². The van der Waals surface area contributed by atoms with E-state index >= 15 is 0 Å². The van der Waals surface area contributed by atoms with Gasteiger partial charge >= 0.3 is 5.97 Å². The SMILES string of the molecule is O=C(C[N+]12CCC(CC1)C(OC(=O)C1(c3cccs3)CCCCCC1)C2)Nc1noc2ccccc12.[Cl-]. The summed E-state index contributed by atoms with van der Waals surface area (Å²) in [6.45, 7) is 2.96. The molecule has 37 heavy (non-hydrogen) atoms. The van der Waals surface area contributed by atoms with Crippen LogP contribution in [0, 0.1) is 5.92 Å². The third kappa shape index (κ3) is 5.03. The Morgan fingerprint density at radius 2 is 1.84 bits per heavy atom. The highest BCUT2D eigenvalue weighted by Crippen LogP contribution is 2.43. The van der Waals surface area contributed by atoms with Gasteiger partial charge in [0.2, 0.25) is 0 Å². The molecule has 1 N–H and O–H groups in total. The van der Waals surface area contributed by atoms with E-state index in [1.165, 1.54) is 12.8 Å². The van der Waals surface area contributed by atoms with Crippen LogP contribution in [0.15, 0.2) is 46.3 Å². The van der Waals surface area contributed by atoms with Crippen LogP contribution >= 0.6 is 11.3 Å². The summed E-state index contributed by atoms with van der Waals surface area (Å²) >= 11 is 1.68. The van der Waals surface area contributed by atoms with Gasteiger partial charge in [0.15, 0.2) is 24.0 Å². The quantitative estimate of drug-likeness (QED) is 0.293. The molecule has 3 aliphatic heterocycles. The number of nitrogens with zero attached hydrogens (tertiary/aromatic N) is 2. The summed E-state index contributed by atoms with van der Waals surface area (Å²) in [5, 5.41) is 9.88. The number of halogens is 1. The second kappa shape index (κ2) is 10.8. The van der Waals surface area contributed by atoms with Crippen molar-refractivity contribution in [3.8, 4) is 0 Å². The van der Waals surface area contributed by atoms with Gasteiger partial charge in [0, 0.05) is 23.6 Å². The number of amides is 1. The van der Waals surface area contributed by atoms with Gasteiger partial charge in [0.1, 0.15) is 12.0 Å². The number of anilines is 1. The number of hydrogen-bond acceptors (Lipinski definition) is 6. The molecule has 198 valence electrons. The highest BCUT2D eigenvalue weighted by molar-refractivity contribution is 7.10. The summed E-state index contributed by atoms with van der Waals surface area (Å²) in [7, 11) is 0. The van der Waals surface area contributed by atoms with Crippen molar-refractivity contribution in [1.29, 1.82) is 0 Å². The minimum Gasteiger partial charge on any atom is -1.00 e. The Kier molecular flexibility index (Phi) is 7.61. The zero-order chi connectivity index (χ0) is 24.6. The highest BCUT2D eigenvalue weighted by Gasteiger charge is 2.51. The molecule has 1 aromatic carbocycles. The fourth-order valence-corrected chi connectivity index (χ4v) is 7.69. The van der Waals surface area contributed by atoms with E-state index in [1.807, 2.05) is 30.3 Å². The first-order valence-corrected chi connectivity index (χ1v) is 14.2. The van der Waals surface area contributed by atoms with Crippen molar-refractivity contribution in [2.45, 2.75) is 62.9 Å². The van der Waals surface area contributed by atoms with Gasteiger partial charge in [0.25, 0.3) is 5.91 Å². The molecule has 1 atom stereocenters. The molecule has 5 heterocycles. The largest absolute Gasteiger partial charge is 1.00 e. The van der Waals surface area contributed by atoms with Crippen LogP contribution in [0.25, 0.3) is 11.0 Å². The van der Waals surface area contributed by atoms with Gasteiger partial charge in [-0.05, 0) is 36.4 Å². The Balaban J connectivity index is 0.00000280. The van der Waals surface area contributed by atoms with Gasteiger partial charge in [-0.2, -0.15) is 0 Å². The van der Waals surface area contributed by atoms with Crippen molar-refractivity contribution in [3.05, 3.63) is 46.7 Å². The monoisotopic (exact) mass is 543 g/mol. The van der Waals surface area contributed by atoms with Gasteiger partial charge in [-0.3, -0.25) is 9.59 Å². The second-order valence-corrected chi connectivity index (χ2v) is 11.9. The number of aromatic nitrogens is 1. The van der Waals surface area contributed by atoms with Crippen LogP contribution in [-0.4, -0.2) is 53.8 Å².